The molecule has 0 aliphatic carbocycles. The van der Waals surface area contributed by atoms with Crippen LogP contribution >= 0.6 is 0 Å². The standard InChI is InChI=1S/C15H23NO2/c1-2-14(16-9-6-11-18-12-10-16)15(17)13-7-4-3-5-8-13/h3-5,7-8,14-15,17H,2,6,9-12H2,1H3. The molecule has 0 spiro atoms. The molecule has 0 bridgehead atoms. The zero-order chi connectivity index (χ0) is 12.8. The van der Waals surface area contributed by atoms with Crippen molar-refractivity contribution in [3.8, 4) is 0 Å². The van der Waals surface area contributed by atoms with Gasteiger partial charge in [0.15, 0.2) is 0 Å². The molecule has 18 heavy (non-hydrogen) atoms. The summed E-state index contributed by atoms with van der Waals surface area (Å²) in [5.74, 6) is 0. The molecule has 3 heteroatoms. The lowest BCUT2D eigenvalue weighted by molar-refractivity contribution is 0.0429. The molecule has 2 atom stereocenters. The average molecular weight is 249 g/mol. The van der Waals surface area contributed by atoms with Crippen LogP contribution in [0.5, 0.6) is 0 Å². The highest BCUT2D eigenvalue weighted by Crippen LogP contribution is 2.24. The predicted molar refractivity (Wildman–Crippen MR) is 72.5 cm³/mol. The Morgan fingerprint density at radius 1 is 1.22 bits per heavy atom. The Balaban J connectivity index is 2.07. The molecule has 1 saturated heterocycles. The molecule has 1 aromatic carbocycles. The molecule has 1 aliphatic rings. The third kappa shape index (κ3) is 3.31. The summed E-state index contributed by atoms with van der Waals surface area (Å²) in [6.07, 6.45) is 1.60. The van der Waals surface area contributed by atoms with Gasteiger partial charge in [-0.3, -0.25) is 4.90 Å². The molecular formula is C15H23NO2. The maximum atomic E-state index is 10.5. The Morgan fingerprint density at radius 2 is 2.00 bits per heavy atom. The Bertz CT molecular complexity index is 334. The van der Waals surface area contributed by atoms with Crippen molar-refractivity contribution >= 4 is 0 Å². The van der Waals surface area contributed by atoms with Crippen LogP contribution in [-0.4, -0.2) is 42.4 Å². The van der Waals surface area contributed by atoms with Gasteiger partial charge in [0, 0.05) is 25.7 Å². The molecule has 0 amide bonds. The van der Waals surface area contributed by atoms with Crippen LogP contribution in [0.1, 0.15) is 31.4 Å². The number of hydrogen-bond donors (Lipinski definition) is 1. The summed E-state index contributed by atoms with van der Waals surface area (Å²) in [4.78, 5) is 2.37. The van der Waals surface area contributed by atoms with Crippen LogP contribution in [0.2, 0.25) is 0 Å². The topological polar surface area (TPSA) is 32.7 Å². The quantitative estimate of drug-likeness (QED) is 0.888. The number of nitrogens with zero attached hydrogens (tertiary/aromatic N) is 1. The fourth-order valence-corrected chi connectivity index (χ4v) is 2.65. The Hall–Kier alpha value is -0.900. The van der Waals surface area contributed by atoms with Gasteiger partial charge in [0.1, 0.15) is 0 Å². The van der Waals surface area contributed by atoms with Crippen LogP contribution in [0, 0.1) is 0 Å². The second-order valence-electron chi connectivity index (χ2n) is 4.83. The minimum Gasteiger partial charge on any atom is -0.387 e. The number of aliphatic hydroxyl groups is 1. The summed E-state index contributed by atoms with van der Waals surface area (Å²) in [7, 11) is 0. The first-order valence-corrected chi connectivity index (χ1v) is 6.87. The van der Waals surface area contributed by atoms with Crippen molar-refractivity contribution in [2.45, 2.75) is 31.9 Å². The highest BCUT2D eigenvalue weighted by molar-refractivity contribution is 5.18. The van der Waals surface area contributed by atoms with E-state index < -0.39 is 6.10 Å². The fourth-order valence-electron chi connectivity index (χ4n) is 2.65. The highest BCUT2D eigenvalue weighted by atomic mass is 16.5. The van der Waals surface area contributed by atoms with Gasteiger partial charge in [0.2, 0.25) is 0 Å². The molecule has 0 aromatic heterocycles. The van der Waals surface area contributed by atoms with Gasteiger partial charge in [-0.1, -0.05) is 37.3 Å². The Kier molecular flexibility index (Phi) is 5.17. The third-order valence-electron chi connectivity index (χ3n) is 3.65. The SMILES string of the molecule is CCC(C(O)c1ccccc1)N1CCCOCC1. The van der Waals surface area contributed by atoms with Gasteiger partial charge < -0.3 is 9.84 Å². The maximum absolute atomic E-state index is 10.5. The van der Waals surface area contributed by atoms with Gasteiger partial charge in [-0.15, -0.1) is 0 Å². The van der Waals surface area contributed by atoms with Crippen molar-refractivity contribution < 1.29 is 9.84 Å². The Morgan fingerprint density at radius 3 is 2.72 bits per heavy atom. The summed E-state index contributed by atoms with van der Waals surface area (Å²) in [5, 5.41) is 10.5. The first-order valence-electron chi connectivity index (χ1n) is 6.87. The van der Waals surface area contributed by atoms with Crippen molar-refractivity contribution in [2.24, 2.45) is 0 Å². The maximum Gasteiger partial charge on any atom is 0.0945 e. The van der Waals surface area contributed by atoms with E-state index >= 15 is 0 Å². The minimum atomic E-state index is -0.408. The van der Waals surface area contributed by atoms with E-state index in [2.05, 4.69) is 11.8 Å². The molecule has 2 unspecified atom stereocenters. The largest absolute Gasteiger partial charge is 0.387 e. The molecule has 0 saturated carbocycles. The molecular weight excluding hydrogens is 226 g/mol. The van der Waals surface area contributed by atoms with Gasteiger partial charge in [0.25, 0.3) is 0 Å². The van der Waals surface area contributed by atoms with Crippen LogP contribution in [0.4, 0.5) is 0 Å². The number of ether oxygens (including phenoxy) is 1. The summed E-state index contributed by atoms with van der Waals surface area (Å²) >= 11 is 0. The molecule has 1 heterocycles. The summed E-state index contributed by atoms with van der Waals surface area (Å²) in [6.45, 7) is 5.69. The van der Waals surface area contributed by atoms with Crippen LogP contribution in [-0.2, 0) is 4.74 Å². The van der Waals surface area contributed by atoms with Crippen LogP contribution in [0.3, 0.4) is 0 Å². The second-order valence-corrected chi connectivity index (χ2v) is 4.83. The summed E-state index contributed by atoms with van der Waals surface area (Å²) in [6, 6.07) is 10.1. The van der Waals surface area contributed by atoms with E-state index in [1.807, 2.05) is 30.3 Å². The lowest BCUT2D eigenvalue weighted by Gasteiger charge is -2.33. The minimum absolute atomic E-state index is 0.189. The van der Waals surface area contributed by atoms with Gasteiger partial charge in [-0.25, -0.2) is 0 Å². The van der Waals surface area contributed by atoms with Crippen molar-refractivity contribution in [1.82, 2.24) is 4.90 Å². The molecule has 100 valence electrons. The van der Waals surface area contributed by atoms with Crippen LogP contribution in [0.25, 0.3) is 0 Å². The lowest BCUT2D eigenvalue weighted by Crippen LogP contribution is -2.40. The normalized spacial score (nSPS) is 21.2. The molecule has 2 rings (SSSR count). The highest BCUT2D eigenvalue weighted by Gasteiger charge is 2.26. The van der Waals surface area contributed by atoms with Crippen molar-refractivity contribution in [1.29, 1.82) is 0 Å². The summed E-state index contributed by atoms with van der Waals surface area (Å²) in [5.41, 5.74) is 1.01. The molecule has 1 aliphatic heterocycles. The Labute approximate surface area is 109 Å². The van der Waals surface area contributed by atoms with Crippen molar-refractivity contribution in [2.75, 3.05) is 26.3 Å². The number of benzene rings is 1. The van der Waals surface area contributed by atoms with Crippen molar-refractivity contribution in [3.05, 3.63) is 35.9 Å². The average Bonchev–Trinajstić information content (AvgIpc) is 2.70. The first kappa shape index (κ1) is 13.5. The lowest BCUT2D eigenvalue weighted by atomic mass is 9.98. The second kappa shape index (κ2) is 6.88. The van der Waals surface area contributed by atoms with E-state index in [4.69, 9.17) is 4.74 Å². The molecule has 0 radical (unpaired) electrons. The fraction of sp³-hybridized carbons (Fsp3) is 0.600. The van der Waals surface area contributed by atoms with Gasteiger partial charge in [-0.05, 0) is 18.4 Å². The van der Waals surface area contributed by atoms with E-state index in [1.54, 1.807) is 0 Å². The smallest absolute Gasteiger partial charge is 0.0945 e. The summed E-state index contributed by atoms with van der Waals surface area (Å²) < 4.78 is 5.48. The first-order chi connectivity index (χ1) is 8.83. The van der Waals surface area contributed by atoms with E-state index in [9.17, 15) is 5.11 Å². The van der Waals surface area contributed by atoms with Gasteiger partial charge in [0.05, 0.1) is 12.7 Å². The molecule has 1 fully saturated rings. The molecule has 3 nitrogen and oxygen atoms in total. The molecule has 1 aromatic rings. The van der Waals surface area contributed by atoms with Gasteiger partial charge in [-0.2, -0.15) is 0 Å². The number of rotatable bonds is 4. The van der Waals surface area contributed by atoms with E-state index in [1.165, 1.54) is 0 Å². The number of hydrogen-bond acceptors (Lipinski definition) is 3. The zero-order valence-corrected chi connectivity index (χ0v) is 11.1. The third-order valence-corrected chi connectivity index (χ3v) is 3.65. The van der Waals surface area contributed by atoms with Crippen LogP contribution < -0.4 is 0 Å². The predicted octanol–water partition coefficient (Wildman–Crippen LogP) is 2.22. The van der Waals surface area contributed by atoms with E-state index in [0.717, 1.165) is 44.7 Å². The van der Waals surface area contributed by atoms with Gasteiger partial charge >= 0.3 is 0 Å². The van der Waals surface area contributed by atoms with Crippen molar-refractivity contribution in [3.63, 3.8) is 0 Å². The van der Waals surface area contributed by atoms with E-state index in [0.29, 0.717) is 0 Å². The molecule has 1 N–H and O–H groups in total. The number of aliphatic hydroxyl groups excluding tert-OH is 1. The monoisotopic (exact) mass is 249 g/mol. The van der Waals surface area contributed by atoms with Crippen LogP contribution in [0.15, 0.2) is 30.3 Å². The van der Waals surface area contributed by atoms with E-state index in [-0.39, 0.29) is 6.04 Å². The zero-order valence-electron chi connectivity index (χ0n) is 11.1.